The zero-order valence-electron chi connectivity index (χ0n) is 9.05. The largest absolute Gasteiger partial charge is 0.213 e. The fourth-order valence-corrected chi connectivity index (χ4v) is 1.96. The number of hydrogen-bond acceptors (Lipinski definition) is 2. The predicted molar refractivity (Wildman–Crippen MR) is 68.4 cm³/mol. The lowest BCUT2D eigenvalue weighted by molar-refractivity contribution is 0.823. The highest BCUT2D eigenvalue weighted by Gasteiger charge is 2.04. The van der Waals surface area contributed by atoms with Crippen molar-refractivity contribution in [1.82, 2.24) is 15.0 Å². The van der Waals surface area contributed by atoms with Crippen LogP contribution in [0.2, 0.25) is 0 Å². The van der Waals surface area contributed by atoms with Crippen molar-refractivity contribution in [3.05, 3.63) is 54.1 Å². The van der Waals surface area contributed by atoms with Gasteiger partial charge in [0, 0.05) is 5.88 Å². The summed E-state index contributed by atoms with van der Waals surface area (Å²) >= 11 is 5.76. The van der Waals surface area contributed by atoms with E-state index in [2.05, 4.69) is 10.3 Å². The quantitative estimate of drug-likeness (QED) is 0.648. The van der Waals surface area contributed by atoms with Crippen molar-refractivity contribution in [1.29, 1.82) is 0 Å². The Morgan fingerprint density at radius 2 is 1.76 bits per heavy atom. The molecule has 0 aliphatic heterocycles. The van der Waals surface area contributed by atoms with Gasteiger partial charge in [-0.05, 0) is 29.8 Å². The zero-order valence-corrected chi connectivity index (χ0v) is 9.80. The Labute approximate surface area is 104 Å². The molecular weight excluding hydrogens is 234 g/mol. The Kier molecular flexibility index (Phi) is 2.53. The summed E-state index contributed by atoms with van der Waals surface area (Å²) in [5, 5.41) is 8.28. The second kappa shape index (κ2) is 4.18. The molecule has 3 aromatic rings. The number of para-hydroxylation sites is 1. The van der Waals surface area contributed by atoms with Crippen LogP contribution in [0.25, 0.3) is 16.7 Å². The molecule has 0 aliphatic carbocycles. The van der Waals surface area contributed by atoms with Crippen molar-refractivity contribution in [2.45, 2.75) is 5.88 Å². The average Bonchev–Trinajstić information content (AvgIpc) is 2.83. The molecule has 3 rings (SSSR count). The fourth-order valence-electron chi connectivity index (χ4n) is 1.79. The summed E-state index contributed by atoms with van der Waals surface area (Å²) in [5.74, 6) is 0.526. The highest BCUT2D eigenvalue weighted by Crippen LogP contribution is 2.16. The van der Waals surface area contributed by atoms with Gasteiger partial charge in [0.05, 0.1) is 11.2 Å². The molecule has 3 nitrogen and oxygen atoms in total. The van der Waals surface area contributed by atoms with Gasteiger partial charge in [0.25, 0.3) is 0 Å². The van der Waals surface area contributed by atoms with Crippen LogP contribution in [0.1, 0.15) is 5.56 Å². The first-order chi connectivity index (χ1) is 8.38. The minimum Gasteiger partial charge on any atom is -0.213 e. The summed E-state index contributed by atoms with van der Waals surface area (Å²) < 4.78 is 1.83. The number of halogens is 1. The fraction of sp³-hybridized carbons (Fsp3) is 0.0769. The molecular formula is C13H10ClN3. The van der Waals surface area contributed by atoms with Crippen molar-refractivity contribution in [3.63, 3.8) is 0 Å². The summed E-state index contributed by atoms with van der Waals surface area (Å²) in [7, 11) is 0. The summed E-state index contributed by atoms with van der Waals surface area (Å²) in [4.78, 5) is 0. The lowest BCUT2D eigenvalue weighted by Gasteiger charge is -2.02. The van der Waals surface area contributed by atoms with E-state index in [0.717, 1.165) is 22.3 Å². The van der Waals surface area contributed by atoms with Gasteiger partial charge in [-0.3, -0.25) is 0 Å². The topological polar surface area (TPSA) is 30.7 Å². The number of hydrogen-bond donors (Lipinski definition) is 0. The van der Waals surface area contributed by atoms with E-state index in [1.165, 1.54) is 0 Å². The molecule has 0 radical (unpaired) electrons. The molecule has 17 heavy (non-hydrogen) atoms. The van der Waals surface area contributed by atoms with Crippen LogP contribution in [-0.2, 0) is 5.88 Å². The maximum Gasteiger partial charge on any atom is 0.113 e. The van der Waals surface area contributed by atoms with Crippen molar-refractivity contribution in [3.8, 4) is 5.69 Å². The first kappa shape index (κ1) is 10.3. The van der Waals surface area contributed by atoms with Crippen molar-refractivity contribution < 1.29 is 0 Å². The van der Waals surface area contributed by atoms with Crippen LogP contribution in [0.3, 0.4) is 0 Å². The predicted octanol–water partition coefficient (Wildman–Crippen LogP) is 3.16. The standard InChI is InChI=1S/C13H10ClN3/c14-9-10-5-7-11(8-6-10)17-13-4-2-1-3-12(13)15-16-17/h1-8H,9H2. The van der Waals surface area contributed by atoms with E-state index in [1.54, 1.807) is 0 Å². The zero-order chi connectivity index (χ0) is 11.7. The third-order valence-electron chi connectivity index (χ3n) is 2.69. The number of aromatic nitrogens is 3. The van der Waals surface area contributed by atoms with Gasteiger partial charge in [-0.25, -0.2) is 4.68 Å². The molecule has 0 aliphatic rings. The lowest BCUT2D eigenvalue weighted by Crippen LogP contribution is -1.96. The summed E-state index contributed by atoms with van der Waals surface area (Å²) in [6.07, 6.45) is 0. The van der Waals surface area contributed by atoms with Gasteiger partial charge in [-0.15, -0.1) is 16.7 Å². The van der Waals surface area contributed by atoms with Gasteiger partial charge in [-0.2, -0.15) is 0 Å². The van der Waals surface area contributed by atoms with Gasteiger partial charge in [-0.1, -0.05) is 29.5 Å². The Balaban J connectivity index is 2.13. The van der Waals surface area contributed by atoms with Gasteiger partial charge in [0.1, 0.15) is 5.52 Å². The first-order valence-corrected chi connectivity index (χ1v) is 5.87. The van der Waals surface area contributed by atoms with E-state index in [0.29, 0.717) is 5.88 Å². The monoisotopic (exact) mass is 243 g/mol. The number of nitrogens with zero attached hydrogens (tertiary/aromatic N) is 3. The Morgan fingerprint density at radius 3 is 2.53 bits per heavy atom. The number of benzene rings is 2. The molecule has 0 bridgehead atoms. The average molecular weight is 244 g/mol. The van der Waals surface area contributed by atoms with Crippen LogP contribution in [0.4, 0.5) is 0 Å². The second-order valence-corrected chi connectivity index (χ2v) is 4.06. The molecule has 4 heteroatoms. The molecule has 0 fully saturated rings. The molecule has 0 amide bonds. The first-order valence-electron chi connectivity index (χ1n) is 5.34. The van der Waals surface area contributed by atoms with Gasteiger partial charge >= 0.3 is 0 Å². The second-order valence-electron chi connectivity index (χ2n) is 3.79. The lowest BCUT2D eigenvalue weighted by atomic mass is 10.2. The van der Waals surface area contributed by atoms with Crippen LogP contribution in [0.15, 0.2) is 48.5 Å². The molecule has 2 aromatic carbocycles. The highest BCUT2D eigenvalue weighted by molar-refractivity contribution is 6.17. The van der Waals surface area contributed by atoms with E-state index in [-0.39, 0.29) is 0 Å². The van der Waals surface area contributed by atoms with Gasteiger partial charge < -0.3 is 0 Å². The van der Waals surface area contributed by atoms with Crippen LogP contribution in [0, 0.1) is 0 Å². The van der Waals surface area contributed by atoms with E-state index >= 15 is 0 Å². The third kappa shape index (κ3) is 1.78. The van der Waals surface area contributed by atoms with Crippen LogP contribution in [0.5, 0.6) is 0 Å². The maximum atomic E-state index is 5.76. The van der Waals surface area contributed by atoms with Gasteiger partial charge in [0.2, 0.25) is 0 Å². The molecule has 0 N–H and O–H groups in total. The summed E-state index contributed by atoms with van der Waals surface area (Å²) in [6.45, 7) is 0. The minimum absolute atomic E-state index is 0.526. The number of rotatable bonds is 2. The van der Waals surface area contributed by atoms with Crippen LogP contribution >= 0.6 is 11.6 Å². The molecule has 1 heterocycles. The molecule has 1 aromatic heterocycles. The molecule has 0 spiro atoms. The maximum absolute atomic E-state index is 5.76. The van der Waals surface area contributed by atoms with E-state index in [4.69, 9.17) is 11.6 Å². The van der Waals surface area contributed by atoms with Crippen molar-refractivity contribution >= 4 is 22.6 Å². The Morgan fingerprint density at radius 1 is 1.00 bits per heavy atom. The molecule has 0 saturated heterocycles. The molecule has 0 saturated carbocycles. The van der Waals surface area contributed by atoms with Crippen LogP contribution in [-0.4, -0.2) is 15.0 Å². The van der Waals surface area contributed by atoms with E-state index in [1.807, 2.05) is 53.2 Å². The van der Waals surface area contributed by atoms with Crippen LogP contribution < -0.4 is 0 Å². The molecule has 84 valence electrons. The number of alkyl halides is 1. The van der Waals surface area contributed by atoms with E-state index in [9.17, 15) is 0 Å². The smallest absolute Gasteiger partial charge is 0.113 e. The van der Waals surface area contributed by atoms with Gasteiger partial charge in [0.15, 0.2) is 0 Å². The normalized spacial score (nSPS) is 10.9. The van der Waals surface area contributed by atoms with Crippen molar-refractivity contribution in [2.24, 2.45) is 0 Å². The Bertz CT molecular complexity index is 643. The molecule has 0 atom stereocenters. The third-order valence-corrected chi connectivity index (χ3v) is 3.00. The molecule has 0 unspecified atom stereocenters. The number of fused-ring (bicyclic) bond motifs is 1. The summed E-state index contributed by atoms with van der Waals surface area (Å²) in [5.41, 5.74) is 3.99. The SMILES string of the molecule is ClCc1ccc(-n2nnc3ccccc32)cc1. The summed E-state index contributed by atoms with van der Waals surface area (Å²) in [6, 6.07) is 15.9. The minimum atomic E-state index is 0.526. The van der Waals surface area contributed by atoms with Crippen molar-refractivity contribution in [2.75, 3.05) is 0 Å². The van der Waals surface area contributed by atoms with E-state index < -0.39 is 0 Å². The highest BCUT2D eigenvalue weighted by atomic mass is 35.5. The Hall–Kier alpha value is -1.87.